The van der Waals surface area contributed by atoms with Gasteiger partial charge in [-0.3, -0.25) is 0 Å². The first-order valence-corrected chi connectivity index (χ1v) is 8.59. The zero-order valence-electron chi connectivity index (χ0n) is 14.3. The highest BCUT2D eigenvalue weighted by atomic mass is 19.1. The fourth-order valence-electron chi connectivity index (χ4n) is 3.47. The van der Waals surface area contributed by atoms with Gasteiger partial charge in [0.15, 0.2) is 0 Å². The summed E-state index contributed by atoms with van der Waals surface area (Å²) < 4.78 is 13.3. The molecule has 128 valence electrons. The zero-order valence-corrected chi connectivity index (χ0v) is 14.3. The van der Waals surface area contributed by atoms with Gasteiger partial charge in [-0.2, -0.15) is 0 Å². The molecule has 0 saturated carbocycles. The number of hydrogen-bond acceptors (Lipinski definition) is 3. The summed E-state index contributed by atoms with van der Waals surface area (Å²) >= 11 is 0. The first-order valence-electron chi connectivity index (χ1n) is 8.59. The molecule has 0 bridgehead atoms. The smallest absolute Gasteiger partial charge is 0.123 e. The monoisotopic (exact) mass is 328 g/mol. The van der Waals surface area contributed by atoms with E-state index in [1.807, 2.05) is 25.1 Å². The van der Waals surface area contributed by atoms with Crippen molar-refractivity contribution in [2.45, 2.75) is 38.8 Å². The van der Waals surface area contributed by atoms with Gasteiger partial charge >= 0.3 is 0 Å². The van der Waals surface area contributed by atoms with Crippen molar-refractivity contribution in [2.75, 3.05) is 18.0 Å². The normalized spacial score (nSPS) is 17.0. The van der Waals surface area contributed by atoms with E-state index >= 15 is 0 Å². The van der Waals surface area contributed by atoms with Gasteiger partial charge in [0, 0.05) is 30.9 Å². The van der Waals surface area contributed by atoms with Crippen LogP contribution < -0.4 is 10.2 Å². The number of piperidine rings is 1. The number of benzene rings is 2. The predicted octanol–water partition coefficient (Wildman–Crippen LogP) is 4.16. The molecular formula is C20H25FN2O. The van der Waals surface area contributed by atoms with Crippen LogP contribution >= 0.6 is 0 Å². The molecule has 0 spiro atoms. The third-order valence-corrected chi connectivity index (χ3v) is 4.87. The number of aryl methyl sites for hydroxylation is 1. The minimum Gasteiger partial charge on any atom is -0.508 e. The average Bonchev–Trinajstić information content (AvgIpc) is 2.56. The average molecular weight is 328 g/mol. The van der Waals surface area contributed by atoms with Gasteiger partial charge in [-0.1, -0.05) is 12.1 Å². The lowest BCUT2D eigenvalue weighted by Crippen LogP contribution is -2.43. The van der Waals surface area contributed by atoms with E-state index in [0.717, 1.165) is 37.2 Å². The van der Waals surface area contributed by atoms with Gasteiger partial charge in [0.2, 0.25) is 0 Å². The Bertz CT molecular complexity index is 679. The molecule has 24 heavy (non-hydrogen) atoms. The van der Waals surface area contributed by atoms with Crippen LogP contribution in [-0.4, -0.2) is 24.2 Å². The molecule has 1 unspecified atom stereocenters. The lowest BCUT2D eigenvalue weighted by atomic mass is 10.0. The summed E-state index contributed by atoms with van der Waals surface area (Å²) in [5.41, 5.74) is 3.32. The fraction of sp³-hybridized carbons (Fsp3) is 0.400. The lowest BCUT2D eigenvalue weighted by molar-refractivity contribution is 0.380. The van der Waals surface area contributed by atoms with Crippen molar-refractivity contribution in [1.82, 2.24) is 5.32 Å². The second kappa shape index (κ2) is 7.22. The highest BCUT2D eigenvalue weighted by Crippen LogP contribution is 2.25. The van der Waals surface area contributed by atoms with Gasteiger partial charge in [-0.05, 0) is 68.1 Å². The molecule has 2 aromatic carbocycles. The third-order valence-electron chi connectivity index (χ3n) is 4.87. The van der Waals surface area contributed by atoms with Crippen LogP contribution in [0, 0.1) is 12.7 Å². The minimum atomic E-state index is -0.171. The lowest BCUT2D eigenvalue weighted by Gasteiger charge is -2.36. The van der Waals surface area contributed by atoms with Crippen LogP contribution in [0.4, 0.5) is 10.1 Å². The van der Waals surface area contributed by atoms with Crippen molar-refractivity contribution in [1.29, 1.82) is 0 Å². The molecule has 1 saturated heterocycles. The topological polar surface area (TPSA) is 35.5 Å². The summed E-state index contributed by atoms with van der Waals surface area (Å²) in [6.07, 6.45) is 2.14. The largest absolute Gasteiger partial charge is 0.508 e. The van der Waals surface area contributed by atoms with Gasteiger partial charge < -0.3 is 15.3 Å². The molecule has 3 nitrogen and oxygen atoms in total. The molecule has 0 radical (unpaired) electrons. The Morgan fingerprint density at radius 1 is 1.12 bits per heavy atom. The molecule has 1 heterocycles. The molecule has 4 heteroatoms. The standard InChI is InChI=1S/C20H25FN2O/c1-14-13-17(21)5-8-20(14)23-11-9-18(10-12-23)22-15(2)16-3-6-19(24)7-4-16/h3-8,13,15,18,22,24H,9-12H2,1-2H3. The van der Waals surface area contributed by atoms with Gasteiger partial charge in [0.1, 0.15) is 11.6 Å². The van der Waals surface area contributed by atoms with Crippen LogP contribution in [0.3, 0.4) is 0 Å². The summed E-state index contributed by atoms with van der Waals surface area (Å²) in [4.78, 5) is 2.35. The van der Waals surface area contributed by atoms with Crippen molar-refractivity contribution in [3.8, 4) is 5.75 Å². The number of rotatable bonds is 4. The molecular weight excluding hydrogens is 303 g/mol. The maximum absolute atomic E-state index is 13.3. The van der Waals surface area contributed by atoms with E-state index in [4.69, 9.17) is 0 Å². The Hall–Kier alpha value is -2.07. The van der Waals surface area contributed by atoms with Crippen molar-refractivity contribution in [3.63, 3.8) is 0 Å². The predicted molar refractivity (Wildman–Crippen MR) is 96.0 cm³/mol. The summed E-state index contributed by atoms with van der Waals surface area (Å²) in [6.45, 7) is 6.08. The van der Waals surface area contributed by atoms with Crippen LogP contribution in [0.1, 0.15) is 36.9 Å². The van der Waals surface area contributed by atoms with Crippen LogP contribution in [0.25, 0.3) is 0 Å². The SMILES string of the molecule is Cc1cc(F)ccc1N1CCC(NC(C)c2ccc(O)cc2)CC1. The van der Waals surface area contributed by atoms with E-state index < -0.39 is 0 Å². The number of aromatic hydroxyl groups is 1. The number of anilines is 1. The molecule has 2 N–H and O–H groups in total. The van der Waals surface area contributed by atoms with Crippen LogP contribution in [0.2, 0.25) is 0 Å². The van der Waals surface area contributed by atoms with E-state index in [1.54, 1.807) is 24.3 Å². The number of nitrogens with one attached hydrogen (secondary N) is 1. The number of halogens is 1. The molecule has 2 aromatic rings. The number of hydrogen-bond donors (Lipinski definition) is 2. The maximum Gasteiger partial charge on any atom is 0.123 e. The Morgan fingerprint density at radius 3 is 2.42 bits per heavy atom. The van der Waals surface area contributed by atoms with Gasteiger partial charge in [0.25, 0.3) is 0 Å². The molecule has 0 aromatic heterocycles. The van der Waals surface area contributed by atoms with Crippen molar-refractivity contribution in [3.05, 3.63) is 59.4 Å². The van der Waals surface area contributed by atoms with Crippen molar-refractivity contribution >= 4 is 5.69 Å². The first-order chi connectivity index (χ1) is 11.5. The highest BCUT2D eigenvalue weighted by Gasteiger charge is 2.22. The zero-order chi connectivity index (χ0) is 17.1. The first kappa shape index (κ1) is 16.8. The molecule has 3 rings (SSSR count). The van der Waals surface area contributed by atoms with Gasteiger partial charge in [-0.15, -0.1) is 0 Å². The van der Waals surface area contributed by atoms with E-state index in [1.165, 1.54) is 5.56 Å². The molecule has 0 amide bonds. The molecule has 1 aliphatic rings. The van der Waals surface area contributed by atoms with Crippen LogP contribution in [0.15, 0.2) is 42.5 Å². The van der Waals surface area contributed by atoms with Crippen LogP contribution in [-0.2, 0) is 0 Å². The highest BCUT2D eigenvalue weighted by molar-refractivity contribution is 5.53. The second-order valence-electron chi connectivity index (χ2n) is 6.67. The van der Waals surface area contributed by atoms with Crippen molar-refractivity contribution < 1.29 is 9.50 Å². The fourth-order valence-corrected chi connectivity index (χ4v) is 3.47. The quantitative estimate of drug-likeness (QED) is 0.884. The summed E-state index contributed by atoms with van der Waals surface area (Å²) in [5, 5.41) is 13.1. The summed E-state index contributed by atoms with van der Waals surface area (Å²) in [7, 11) is 0. The van der Waals surface area contributed by atoms with Gasteiger partial charge in [0.05, 0.1) is 0 Å². The second-order valence-corrected chi connectivity index (χ2v) is 6.67. The maximum atomic E-state index is 13.3. The van der Waals surface area contributed by atoms with Crippen molar-refractivity contribution in [2.24, 2.45) is 0 Å². The molecule has 1 atom stereocenters. The van der Waals surface area contributed by atoms with E-state index in [-0.39, 0.29) is 11.9 Å². The van der Waals surface area contributed by atoms with Gasteiger partial charge in [-0.25, -0.2) is 4.39 Å². The summed E-state index contributed by atoms with van der Waals surface area (Å²) in [6, 6.07) is 13.2. The Morgan fingerprint density at radius 2 is 1.79 bits per heavy atom. The molecule has 1 aliphatic heterocycles. The Balaban J connectivity index is 1.56. The van der Waals surface area contributed by atoms with E-state index in [9.17, 15) is 9.50 Å². The van der Waals surface area contributed by atoms with Crippen LogP contribution in [0.5, 0.6) is 5.75 Å². The number of phenols is 1. The Labute approximate surface area is 143 Å². The number of nitrogens with zero attached hydrogens (tertiary/aromatic N) is 1. The summed E-state index contributed by atoms with van der Waals surface area (Å²) in [5.74, 6) is 0.129. The third kappa shape index (κ3) is 3.88. The molecule has 0 aliphatic carbocycles. The van der Waals surface area contributed by atoms with E-state index in [0.29, 0.717) is 11.8 Å². The number of phenolic OH excluding ortho intramolecular Hbond substituents is 1. The minimum absolute atomic E-state index is 0.171. The van der Waals surface area contributed by atoms with E-state index in [2.05, 4.69) is 17.1 Å². The Kier molecular flexibility index (Phi) is 5.05. The molecule has 1 fully saturated rings.